The lowest BCUT2D eigenvalue weighted by atomic mass is 10.1. The summed E-state index contributed by atoms with van der Waals surface area (Å²) in [5, 5.41) is 5.49. The summed E-state index contributed by atoms with van der Waals surface area (Å²) in [5.41, 5.74) is 2.42. The van der Waals surface area contributed by atoms with Crippen LogP contribution in [0.2, 0.25) is 5.02 Å². The predicted octanol–water partition coefficient (Wildman–Crippen LogP) is 3.98. The van der Waals surface area contributed by atoms with Crippen LogP contribution in [-0.2, 0) is 9.59 Å². The monoisotopic (exact) mass is 457 g/mol. The maximum Gasteiger partial charge on any atom is 0.329 e. The van der Waals surface area contributed by atoms with Gasteiger partial charge in [0.25, 0.3) is 11.8 Å². The lowest BCUT2D eigenvalue weighted by Crippen LogP contribution is -2.31. The second-order valence-electron chi connectivity index (χ2n) is 7.18. The molecule has 32 heavy (non-hydrogen) atoms. The minimum Gasteiger partial charge on any atom is -0.493 e. The third-order valence-electron chi connectivity index (χ3n) is 4.66. The van der Waals surface area contributed by atoms with Crippen LogP contribution in [0.25, 0.3) is 6.08 Å². The topological polar surface area (TPSA) is 97.0 Å². The summed E-state index contributed by atoms with van der Waals surface area (Å²) in [6, 6.07) is 10.1. The summed E-state index contributed by atoms with van der Waals surface area (Å²) >= 11 is 6.35. The van der Waals surface area contributed by atoms with Crippen molar-refractivity contribution in [2.75, 3.05) is 25.6 Å². The SMILES string of the molecule is CCCN1C(=O)N/C(=C/c2cc(Cl)c(OCC(=O)Nc3ccc(C)cc3)c(OC)c2)C1=O. The largest absolute Gasteiger partial charge is 0.493 e. The van der Waals surface area contributed by atoms with Crippen LogP contribution in [0.15, 0.2) is 42.1 Å². The summed E-state index contributed by atoms with van der Waals surface area (Å²) in [4.78, 5) is 37.7. The molecule has 2 aromatic carbocycles. The highest BCUT2D eigenvalue weighted by molar-refractivity contribution is 6.32. The molecule has 0 radical (unpaired) electrons. The number of nitrogens with zero attached hydrogens (tertiary/aromatic N) is 1. The normalized spacial score (nSPS) is 14.5. The van der Waals surface area contributed by atoms with Gasteiger partial charge < -0.3 is 20.1 Å². The predicted molar refractivity (Wildman–Crippen MR) is 122 cm³/mol. The second kappa shape index (κ2) is 10.2. The molecule has 1 aliphatic rings. The van der Waals surface area contributed by atoms with Crippen LogP contribution in [0.4, 0.5) is 10.5 Å². The second-order valence-corrected chi connectivity index (χ2v) is 7.59. The number of methoxy groups -OCH3 is 1. The van der Waals surface area contributed by atoms with Gasteiger partial charge in [-0.15, -0.1) is 0 Å². The van der Waals surface area contributed by atoms with Gasteiger partial charge in [0, 0.05) is 12.2 Å². The van der Waals surface area contributed by atoms with Gasteiger partial charge in [-0.1, -0.05) is 36.2 Å². The Balaban J connectivity index is 1.72. The fraction of sp³-hybridized carbons (Fsp3) is 0.261. The van der Waals surface area contributed by atoms with E-state index < -0.39 is 11.9 Å². The van der Waals surface area contributed by atoms with E-state index in [1.807, 2.05) is 26.0 Å². The first-order valence-electron chi connectivity index (χ1n) is 10.0. The number of nitrogens with one attached hydrogen (secondary N) is 2. The van der Waals surface area contributed by atoms with Crippen molar-refractivity contribution in [1.29, 1.82) is 0 Å². The Morgan fingerprint density at radius 3 is 2.59 bits per heavy atom. The van der Waals surface area contributed by atoms with E-state index in [0.29, 0.717) is 24.2 Å². The maximum atomic E-state index is 12.4. The van der Waals surface area contributed by atoms with Crippen molar-refractivity contribution in [3.05, 3.63) is 58.2 Å². The molecule has 0 saturated carbocycles. The van der Waals surface area contributed by atoms with Crippen LogP contribution in [0.3, 0.4) is 0 Å². The van der Waals surface area contributed by atoms with Crippen molar-refractivity contribution in [3.8, 4) is 11.5 Å². The zero-order valence-corrected chi connectivity index (χ0v) is 18.8. The molecule has 0 unspecified atom stereocenters. The third-order valence-corrected chi connectivity index (χ3v) is 4.94. The van der Waals surface area contributed by atoms with E-state index in [-0.39, 0.29) is 34.7 Å². The van der Waals surface area contributed by atoms with E-state index in [1.54, 1.807) is 24.3 Å². The smallest absolute Gasteiger partial charge is 0.329 e. The van der Waals surface area contributed by atoms with Crippen LogP contribution in [0, 0.1) is 6.92 Å². The standard InChI is InChI=1S/C23H24ClN3O5/c1-4-9-27-22(29)18(26-23(27)30)11-15-10-17(24)21(19(12-15)31-3)32-13-20(28)25-16-7-5-14(2)6-8-16/h5-8,10-12H,4,9,13H2,1-3H3,(H,25,28)(H,26,30)/b18-11+. The quantitative estimate of drug-likeness (QED) is 0.461. The van der Waals surface area contributed by atoms with Gasteiger partial charge in [-0.2, -0.15) is 0 Å². The molecule has 168 valence electrons. The Hall–Kier alpha value is -3.52. The number of carbonyl (C=O) groups is 3. The van der Waals surface area contributed by atoms with E-state index in [2.05, 4.69) is 10.6 Å². The Morgan fingerprint density at radius 1 is 1.22 bits per heavy atom. The number of hydrogen-bond acceptors (Lipinski definition) is 5. The number of rotatable bonds is 8. The Labute approximate surface area is 191 Å². The lowest BCUT2D eigenvalue weighted by Gasteiger charge is -2.13. The molecule has 0 atom stereocenters. The van der Waals surface area contributed by atoms with Gasteiger partial charge >= 0.3 is 6.03 Å². The number of imide groups is 1. The van der Waals surface area contributed by atoms with Crippen LogP contribution in [0.5, 0.6) is 11.5 Å². The molecule has 0 aromatic heterocycles. The fourth-order valence-electron chi connectivity index (χ4n) is 3.10. The van der Waals surface area contributed by atoms with Crippen molar-refractivity contribution in [2.45, 2.75) is 20.3 Å². The molecule has 9 heteroatoms. The van der Waals surface area contributed by atoms with Crippen molar-refractivity contribution in [1.82, 2.24) is 10.2 Å². The molecular formula is C23H24ClN3O5. The summed E-state index contributed by atoms with van der Waals surface area (Å²) in [6.45, 7) is 3.90. The summed E-state index contributed by atoms with van der Waals surface area (Å²) in [6.07, 6.45) is 2.17. The summed E-state index contributed by atoms with van der Waals surface area (Å²) in [7, 11) is 1.44. The first-order chi connectivity index (χ1) is 15.3. The molecule has 0 aliphatic carbocycles. The highest BCUT2D eigenvalue weighted by atomic mass is 35.5. The molecule has 1 aliphatic heterocycles. The Morgan fingerprint density at radius 2 is 1.94 bits per heavy atom. The van der Waals surface area contributed by atoms with Crippen LogP contribution in [-0.4, -0.2) is 43.0 Å². The van der Waals surface area contributed by atoms with Gasteiger partial charge in [-0.3, -0.25) is 14.5 Å². The molecular weight excluding hydrogens is 434 g/mol. The molecule has 0 bridgehead atoms. The first kappa shape index (κ1) is 23.1. The highest BCUT2D eigenvalue weighted by Gasteiger charge is 2.32. The number of benzene rings is 2. The van der Waals surface area contributed by atoms with Gasteiger partial charge in [-0.25, -0.2) is 4.79 Å². The van der Waals surface area contributed by atoms with Crippen molar-refractivity contribution >= 4 is 41.2 Å². The van der Waals surface area contributed by atoms with Gasteiger partial charge in [0.05, 0.1) is 12.1 Å². The third kappa shape index (κ3) is 5.39. The number of ether oxygens (including phenoxy) is 2. The molecule has 8 nitrogen and oxygen atoms in total. The number of halogens is 1. The van der Waals surface area contributed by atoms with E-state index >= 15 is 0 Å². The van der Waals surface area contributed by atoms with Crippen LogP contribution in [0.1, 0.15) is 24.5 Å². The number of urea groups is 1. The van der Waals surface area contributed by atoms with E-state index in [4.69, 9.17) is 21.1 Å². The summed E-state index contributed by atoms with van der Waals surface area (Å²) in [5.74, 6) is -0.270. The van der Waals surface area contributed by atoms with E-state index in [1.165, 1.54) is 13.2 Å². The Bertz CT molecular complexity index is 1070. The van der Waals surface area contributed by atoms with Gasteiger partial charge in [0.15, 0.2) is 18.1 Å². The fourth-order valence-corrected chi connectivity index (χ4v) is 3.37. The minimum absolute atomic E-state index is 0.146. The lowest BCUT2D eigenvalue weighted by molar-refractivity contribution is -0.123. The molecule has 0 spiro atoms. The van der Waals surface area contributed by atoms with Crippen molar-refractivity contribution in [3.63, 3.8) is 0 Å². The molecule has 1 saturated heterocycles. The molecule has 2 aromatic rings. The Kier molecular flexibility index (Phi) is 7.37. The zero-order chi connectivity index (χ0) is 23.3. The minimum atomic E-state index is -0.458. The summed E-state index contributed by atoms with van der Waals surface area (Å²) < 4.78 is 10.9. The zero-order valence-electron chi connectivity index (χ0n) is 18.0. The molecule has 2 N–H and O–H groups in total. The number of carbonyl (C=O) groups excluding carboxylic acids is 3. The van der Waals surface area contributed by atoms with Gasteiger partial charge in [0.1, 0.15) is 5.70 Å². The highest BCUT2D eigenvalue weighted by Crippen LogP contribution is 2.37. The molecule has 1 heterocycles. The number of aryl methyl sites for hydroxylation is 1. The van der Waals surface area contributed by atoms with Crippen LogP contribution >= 0.6 is 11.6 Å². The van der Waals surface area contributed by atoms with E-state index in [9.17, 15) is 14.4 Å². The average Bonchev–Trinajstić information content (AvgIpc) is 3.02. The molecule has 1 fully saturated rings. The first-order valence-corrected chi connectivity index (χ1v) is 10.4. The number of anilines is 1. The van der Waals surface area contributed by atoms with Gasteiger partial charge in [0.2, 0.25) is 0 Å². The van der Waals surface area contributed by atoms with Crippen molar-refractivity contribution < 1.29 is 23.9 Å². The van der Waals surface area contributed by atoms with Gasteiger partial charge in [-0.05, 0) is 49.2 Å². The molecule has 4 amide bonds. The van der Waals surface area contributed by atoms with Crippen molar-refractivity contribution in [2.24, 2.45) is 0 Å². The number of amides is 4. The van der Waals surface area contributed by atoms with Crippen LogP contribution < -0.4 is 20.1 Å². The van der Waals surface area contributed by atoms with E-state index in [0.717, 1.165) is 10.5 Å². The average molecular weight is 458 g/mol. The maximum absolute atomic E-state index is 12.4. The molecule has 3 rings (SSSR count). The number of hydrogen-bond donors (Lipinski definition) is 2.